The fourth-order valence-electron chi connectivity index (χ4n) is 2.69. The standard InChI is InChI=1S/C15H17N3O2/c1-18-9-11(7-15(18)20)17-14(19)6-10-8-16-13-5-3-2-4-12(10)13/h2-5,8,11,16H,6-7,9H2,1H3,(H,17,19). The highest BCUT2D eigenvalue weighted by Gasteiger charge is 2.27. The molecule has 1 atom stereocenters. The Kier molecular flexibility index (Phi) is 3.18. The Morgan fingerprint density at radius 3 is 3.00 bits per heavy atom. The van der Waals surface area contributed by atoms with Gasteiger partial charge in [0.1, 0.15) is 0 Å². The number of aromatic amines is 1. The Bertz CT molecular complexity index is 662. The Morgan fingerprint density at radius 1 is 1.45 bits per heavy atom. The van der Waals surface area contributed by atoms with Gasteiger partial charge in [-0.05, 0) is 11.6 Å². The minimum absolute atomic E-state index is 0.0390. The minimum Gasteiger partial charge on any atom is -0.361 e. The first kappa shape index (κ1) is 12.7. The van der Waals surface area contributed by atoms with Gasteiger partial charge in [-0.15, -0.1) is 0 Å². The summed E-state index contributed by atoms with van der Waals surface area (Å²) in [5.41, 5.74) is 2.02. The number of rotatable bonds is 3. The zero-order valence-corrected chi connectivity index (χ0v) is 11.3. The number of fused-ring (bicyclic) bond motifs is 1. The molecule has 1 fully saturated rings. The molecule has 2 heterocycles. The van der Waals surface area contributed by atoms with E-state index in [2.05, 4.69) is 10.3 Å². The number of H-pyrrole nitrogens is 1. The number of benzene rings is 1. The van der Waals surface area contributed by atoms with Gasteiger partial charge < -0.3 is 15.2 Å². The Morgan fingerprint density at radius 2 is 2.25 bits per heavy atom. The van der Waals surface area contributed by atoms with Crippen LogP contribution in [0.15, 0.2) is 30.5 Å². The lowest BCUT2D eigenvalue weighted by Gasteiger charge is -2.12. The number of aromatic nitrogens is 1. The fourth-order valence-corrected chi connectivity index (χ4v) is 2.69. The van der Waals surface area contributed by atoms with Crippen molar-refractivity contribution in [1.29, 1.82) is 0 Å². The van der Waals surface area contributed by atoms with Crippen LogP contribution in [0.3, 0.4) is 0 Å². The van der Waals surface area contributed by atoms with Crippen molar-refractivity contribution >= 4 is 22.7 Å². The molecule has 20 heavy (non-hydrogen) atoms. The number of para-hydroxylation sites is 1. The summed E-state index contributed by atoms with van der Waals surface area (Å²) in [6, 6.07) is 7.85. The number of hydrogen-bond donors (Lipinski definition) is 2. The lowest BCUT2D eigenvalue weighted by atomic mass is 10.1. The average molecular weight is 271 g/mol. The fraction of sp³-hybridized carbons (Fsp3) is 0.333. The Labute approximate surface area is 117 Å². The average Bonchev–Trinajstić information content (AvgIpc) is 2.95. The van der Waals surface area contributed by atoms with Gasteiger partial charge in [-0.3, -0.25) is 9.59 Å². The molecule has 2 N–H and O–H groups in total. The van der Waals surface area contributed by atoms with Gasteiger partial charge in [0.25, 0.3) is 0 Å². The van der Waals surface area contributed by atoms with Crippen molar-refractivity contribution in [2.45, 2.75) is 18.9 Å². The molecule has 1 unspecified atom stereocenters. The first-order chi connectivity index (χ1) is 9.63. The predicted octanol–water partition coefficient (Wildman–Crippen LogP) is 1.06. The molecule has 1 saturated heterocycles. The topological polar surface area (TPSA) is 65.2 Å². The maximum absolute atomic E-state index is 12.1. The molecule has 1 aliphatic rings. The van der Waals surface area contributed by atoms with Crippen LogP contribution in [0.2, 0.25) is 0 Å². The van der Waals surface area contributed by atoms with Gasteiger partial charge in [-0.2, -0.15) is 0 Å². The van der Waals surface area contributed by atoms with Gasteiger partial charge in [0.05, 0.1) is 12.5 Å². The van der Waals surface area contributed by atoms with Crippen LogP contribution in [0, 0.1) is 0 Å². The Balaban J connectivity index is 1.66. The first-order valence-corrected chi connectivity index (χ1v) is 6.72. The summed E-state index contributed by atoms with van der Waals surface area (Å²) >= 11 is 0. The van der Waals surface area contributed by atoms with Gasteiger partial charge in [0.15, 0.2) is 0 Å². The van der Waals surface area contributed by atoms with Crippen molar-refractivity contribution in [3.05, 3.63) is 36.0 Å². The third kappa shape index (κ3) is 2.39. The SMILES string of the molecule is CN1CC(NC(=O)Cc2c[nH]c3ccccc23)CC1=O. The van der Waals surface area contributed by atoms with E-state index in [1.165, 1.54) is 0 Å². The van der Waals surface area contributed by atoms with Gasteiger partial charge in [0.2, 0.25) is 11.8 Å². The van der Waals surface area contributed by atoms with E-state index >= 15 is 0 Å². The van der Waals surface area contributed by atoms with Crippen LogP contribution in [0.1, 0.15) is 12.0 Å². The maximum atomic E-state index is 12.1. The van der Waals surface area contributed by atoms with Crippen molar-refractivity contribution in [2.75, 3.05) is 13.6 Å². The van der Waals surface area contributed by atoms with Gasteiger partial charge in [-0.1, -0.05) is 18.2 Å². The quantitative estimate of drug-likeness (QED) is 0.876. The summed E-state index contributed by atoms with van der Waals surface area (Å²) < 4.78 is 0. The highest BCUT2D eigenvalue weighted by molar-refractivity contribution is 5.89. The molecule has 1 aromatic carbocycles. The second kappa shape index (κ2) is 5.00. The van der Waals surface area contributed by atoms with Crippen LogP contribution in [0.4, 0.5) is 0 Å². The Hall–Kier alpha value is -2.30. The molecule has 0 radical (unpaired) electrons. The molecule has 0 aliphatic carbocycles. The van der Waals surface area contributed by atoms with E-state index in [0.29, 0.717) is 19.4 Å². The van der Waals surface area contributed by atoms with Crippen molar-refractivity contribution in [3.63, 3.8) is 0 Å². The van der Waals surface area contributed by atoms with Crippen LogP contribution in [-0.2, 0) is 16.0 Å². The molecule has 0 bridgehead atoms. The van der Waals surface area contributed by atoms with Crippen LogP contribution in [0.25, 0.3) is 10.9 Å². The number of nitrogens with one attached hydrogen (secondary N) is 2. The van der Waals surface area contributed by atoms with Gasteiger partial charge >= 0.3 is 0 Å². The predicted molar refractivity (Wildman–Crippen MR) is 76.2 cm³/mol. The second-order valence-electron chi connectivity index (χ2n) is 5.28. The molecule has 1 aliphatic heterocycles. The summed E-state index contributed by atoms with van der Waals surface area (Å²) in [5, 5.41) is 4.00. The van der Waals surface area contributed by atoms with E-state index in [9.17, 15) is 9.59 Å². The second-order valence-corrected chi connectivity index (χ2v) is 5.28. The molecule has 5 nitrogen and oxygen atoms in total. The summed E-state index contributed by atoms with van der Waals surface area (Å²) in [6.07, 6.45) is 2.60. The van der Waals surface area contributed by atoms with Gasteiger partial charge in [0, 0.05) is 37.1 Å². The third-order valence-corrected chi connectivity index (χ3v) is 3.73. The van der Waals surface area contributed by atoms with Crippen molar-refractivity contribution < 1.29 is 9.59 Å². The van der Waals surface area contributed by atoms with E-state index in [4.69, 9.17) is 0 Å². The molecular weight excluding hydrogens is 254 g/mol. The molecule has 1 aromatic heterocycles. The van der Waals surface area contributed by atoms with E-state index in [1.807, 2.05) is 30.5 Å². The zero-order valence-electron chi connectivity index (χ0n) is 11.3. The minimum atomic E-state index is -0.0646. The highest BCUT2D eigenvalue weighted by Crippen LogP contribution is 2.18. The smallest absolute Gasteiger partial charge is 0.224 e. The van der Waals surface area contributed by atoms with Crippen molar-refractivity contribution in [1.82, 2.24) is 15.2 Å². The number of hydrogen-bond acceptors (Lipinski definition) is 2. The molecule has 2 aromatic rings. The normalized spacial score (nSPS) is 18.8. The van der Waals surface area contributed by atoms with E-state index in [0.717, 1.165) is 16.5 Å². The van der Waals surface area contributed by atoms with Gasteiger partial charge in [-0.25, -0.2) is 0 Å². The monoisotopic (exact) mass is 271 g/mol. The number of likely N-dealkylation sites (N-methyl/N-ethyl adjacent to an activating group) is 1. The van der Waals surface area contributed by atoms with Crippen molar-refractivity contribution in [2.24, 2.45) is 0 Å². The summed E-state index contributed by atoms with van der Waals surface area (Å²) in [6.45, 7) is 0.596. The maximum Gasteiger partial charge on any atom is 0.224 e. The van der Waals surface area contributed by atoms with Crippen LogP contribution in [-0.4, -0.2) is 41.3 Å². The number of carbonyl (C=O) groups excluding carboxylic acids is 2. The molecular formula is C15H17N3O2. The van der Waals surface area contributed by atoms with E-state index in [1.54, 1.807) is 11.9 Å². The van der Waals surface area contributed by atoms with E-state index < -0.39 is 0 Å². The first-order valence-electron chi connectivity index (χ1n) is 6.72. The molecule has 0 saturated carbocycles. The van der Waals surface area contributed by atoms with Crippen LogP contribution in [0.5, 0.6) is 0 Å². The summed E-state index contributed by atoms with van der Waals surface area (Å²) in [4.78, 5) is 28.3. The molecule has 104 valence electrons. The number of carbonyl (C=O) groups is 2. The van der Waals surface area contributed by atoms with Crippen LogP contribution >= 0.6 is 0 Å². The third-order valence-electron chi connectivity index (χ3n) is 3.73. The molecule has 2 amide bonds. The van der Waals surface area contributed by atoms with E-state index in [-0.39, 0.29) is 17.9 Å². The zero-order chi connectivity index (χ0) is 14.1. The lowest BCUT2D eigenvalue weighted by Crippen LogP contribution is -2.37. The molecule has 5 heteroatoms. The number of amides is 2. The summed E-state index contributed by atoms with van der Waals surface area (Å²) in [5.74, 6) is 0.0465. The lowest BCUT2D eigenvalue weighted by molar-refractivity contribution is -0.126. The van der Waals surface area contributed by atoms with Crippen LogP contribution < -0.4 is 5.32 Å². The number of nitrogens with zero attached hydrogens (tertiary/aromatic N) is 1. The summed E-state index contributed by atoms with van der Waals surface area (Å²) in [7, 11) is 1.76. The molecule has 0 spiro atoms. The molecule has 3 rings (SSSR count). The largest absolute Gasteiger partial charge is 0.361 e. The number of likely N-dealkylation sites (tertiary alicyclic amines) is 1. The van der Waals surface area contributed by atoms with Crippen molar-refractivity contribution in [3.8, 4) is 0 Å². The highest BCUT2D eigenvalue weighted by atomic mass is 16.2.